The van der Waals surface area contributed by atoms with Crippen LogP contribution in [0.15, 0.2) is 42.2 Å². The van der Waals surface area contributed by atoms with Crippen LogP contribution in [0.4, 0.5) is 13.2 Å². The summed E-state index contributed by atoms with van der Waals surface area (Å²) in [5.74, 6) is -5.36. The number of nitrogens with zero attached hydrogens (tertiary/aromatic N) is 1. The molecule has 1 aromatic carbocycles. The molecule has 0 aliphatic carbocycles. The Hall–Kier alpha value is -3.61. The van der Waals surface area contributed by atoms with E-state index in [1.165, 1.54) is 17.9 Å². The molecule has 13 heteroatoms. The highest BCUT2D eigenvalue weighted by molar-refractivity contribution is 5.88. The largest absolute Gasteiger partial charge is 0.542 e. The average Bonchev–Trinajstić information content (AvgIpc) is 2.72. The van der Waals surface area contributed by atoms with Gasteiger partial charge in [0.25, 0.3) is 5.91 Å². The van der Waals surface area contributed by atoms with Crippen molar-refractivity contribution in [1.29, 1.82) is 0 Å². The van der Waals surface area contributed by atoms with Gasteiger partial charge in [0.05, 0.1) is 0 Å². The van der Waals surface area contributed by atoms with Crippen molar-refractivity contribution in [2.24, 2.45) is 0 Å². The molecular formula is C20H24F3N3O7. The van der Waals surface area contributed by atoms with E-state index in [0.29, 0.717) is 13.0 Å². The molecule has 182 valence electrons. The van der Waals surface area contributed by atoms with Crippen LogP contribution in [0.2, 0.25) is 0 Å². The molecule has 5 N–H and O–H groups in total. The Morgan fingerprint density at radius 2 is 1.76 bits per heavy atom. The Morgan fingerprint density at radius 3 is 2.21 bits per heavy atom. The van der Waals surface area contributed by atoms with Crippen LogP contribution in [0.1, 0.15) is 12.5 Å². The summed E-state index contributed by atoms with van der Waals surface area (Å²) in [5.41, 5.74) is 4.92. The molecule has 1 heterocycles. The van der Waals surface area contributed by atoms with Gasteiger partial charge in [-0.3, -0.25) is 9.59 Å². The molecule has 0 spiro atoms. The van der Waals surface area contributed by atoms with Gasteiger partial charge >= 0.3 is 12.1 Å². The highest BCUT2D eigenvalue weighted by Gasteiger charge is 2.43. The van der Waals surface area contributed by atoms with Crippen molar-refractivity contribution in [2.75, 3.05) is 13.6 Å². The number of carbonyl (C=O) groups is 4. The molecule has 0 unspecified atom stereocenters. The smallest absolute Gasteiger partial charge is 0.430 e. The Balaban J connectivity index is 0.000000675. The van der Waals surface area contributed by atoms with E-state index in [1.54, 1.807) is 7.05 Å². The number of nitrogens with one attached hydrogen (secondary N) is 1. The molecular weight excluding hydrogens is 451 g/mol. The second-order valence-corrected chi connectivity index (χ2v) is 7.05. The van der Waals surface area contributed by atoms with Gasteiger partial charge in [-0.25, -0.2) is 4.79 Å². The molecule has 1 aromatic rings. The molecule has 1 aliphatic rings. The first-order chi connectivity index (χ1) is 15.2. The molecule has 0 fully saturated rings. The lowest BCUT2D eigenvalue weighted by atomic mass is 9.97. The number of halogens is 3. The standard InChI is InChI=1S/C18H23N3O5.C2HF3O2/c1-11(22)20-15-13(19)10-14(18(24)25)26-16(15)17(23)21(2)9-8-12-6-4-3-5-7-12;3-2(4,5)1(6)7/h3-7,10,13,15-16H,8-9,19H2,1-2H3,(H,20,22)(H,24,25);(H,6,7)/t13-,15+,16+;/m0./s1. The summed E-state index contributed by atoms with van der Waals surface area (Å²) in [6.07, 6.45) is -4.38. The summed E-state index contributed by atoms with van der Waals surface area (Å²) >= 11 is 0. The molecule has 0 radical (unpaired) electrons. The van der Waals surface area contributed by atoms with Crippen molar-refractivity contribution in [2.45, 2.75) is 37.7 Å². The summed E-state index contributed by atoms with van der Waals surface area (Å²) in [6, 6.07) is 8.36. The fourth-order valence-electron chi connectivity index (χ4n) is 2.78. The predicted octanol–water partition coefficient (Wildman–Crippen LogP) is -1.53. The number of rotatable bonds is 6. The van der Waals surface area contributed by atoms with E-state index in [1.807, 2.05) is 30.3 Å². The molecule has 2 rings (SSSR count). The minimum Gasteiger partial charge on any atom is -0.542 e. The van der Waals surface area contributed by atoms with Crippen LogP contribution in [0.5, 0.6) is 0 Å². The van der Waals surface area contributed by atoms with E-state index in [2.05, 4.69) is 11.1 Å². The third-order valence-electron chi connectivity index (χ3n) is 4.42. The highest BCUT2D eigenvalue weighted by Crippen LogP contribution is 2.19. The maximum Gasteiger partial charge on any atom is 0.430 e. The van der Waals surface area contributed by atoms with E-state index in [9.17, 15) is 32.7 Å². The minimum absolute atomic E-state index is 0.332. The molecule has 2 amide bonds. The van der Waals surface area contributed by atoms with Crippen LogP contribution in [-0.2, 0) is 30.3 Å². The lowest BCUT2D eigenvalue weighted by molar-refractivity contribution is -0.414. The number of quaternary nitrogens is 1. The minimum atomic E-state index is -5.19. The second-order valence-electron chi connectivity index (χ2n) is 7.05. The maximum atomic E-state index is 12.8. The number of carboxylic acid groups (broad SMARTS) is 2. The number of benzene rings is 1. The Kier molecular flexibility index (Phi) is 9.85. The zero-order chi connectivity index (χ0) is 25.3. The zero-order valence-corrected chi connectivity index (χ0v) is 17.8. The van der Waals surface area contributed by atoms with E-state index >= 15 is 0 Å². The molecule has 1 aliphatic heterocycles. The lowest BCUT2D eigenvalue weighted by Crippen LogP contribution is -2.74. The quantitative estimate of drug-likeness (QED) is 0.449. The van der Waals surface area contributed by atoms with Crippen molar-refractivity contribution >= 4 is 23.8 Å². The van der Waals surface area contributed by atoms with Gasteiger partial charge in [-0.05, 0) is 12.0 Å². The van der Waals surface area contributed by atoms with Crippen LogP contribution >= 0.6 is 0 Å². The first-order valence-electron chi connectivity index (χ1n) is 9.53. The first kappa shape index (κ1) is 27.4. The Labute approximate surface area is 186 Å². The number of carboxylic acids is 2. The number of hydrogen-bond acceptors (Lipinski definition) is 6. The van der Waals surface area contributed by atoms with E-state index < -0.39 is 42.2 Å². The monoisotopic (exact) mass is 475 g/mol. The number of alkyl halides is 3. The fraction of sp³-hybridized carbons (Fsp3) is 0.400. The van der Waals surface area contributed by atoms with Gasteiger partial charge in [-0.1, -0.05) is 30.3 Å². The van der Waals surface area contributed by atoms with E-state index in [0.717, 1.165) is 5.56 Å². The van der Waals surface area contributed by atoms with Gasteiger partial charge in [-0.15, -0.1) is 0 Å². The average molecular weight is 475 g/mol. The van der Waals surface area contributed by atoms with Crippen molar-refractivity contribution in [1.82, 2.24) is 10.2 Å². The molecule has 0 bridgehead atoms. The Morgan fingerprint density at radius 1 is 1.21 bits per heavy atom. The van der Waals surface area contributed by atoms with Gasteiger partial charge < -0.3 is 35.7 Å². The summed E-state index contributed by atoms with van der Waals surface area (Å²) in [5, 5.41) is 20.6. The third-order valence-corrected chi connectivity index (χ3v) is 4.42. The molecule has 10 nitrogen and oxygen atoms in total. The fourth-order valence-corrected chi connectivity index (χ4v) is 2.78. The molecule has 0 saturated heterocycles. The number of aliphatic carboxylic acids is 2. The number of likely N-dealkylation sites (N-methyl/N-ethyl adjacent to an activating group) is 1. The number of ether oxygens (including phenoxy) is 1. The van der Waals surface area contributed by atoms with Crippen LogP contribution in [0.25, 0.3) is 0 Å². The lowest BCUT2D eigenvalue weighted by Gasteiger charge is -2.34. The van der Waals surface area contributed by atoms with Crippen molar-refractivity contribution in [3.8, 4) is 0 Å². The van der Waals surface area contributed by atoms with Gasteiger partial charge in [0.2, 0.25) is 17.8 Å². The van der Waals surface area contributed by atoms with Gasteiger partial charge in [0.15, 0.2) is 0 Å². The van der Waals surface area contributed by atoms with Gasteiger partial charge in [-0.2, -0.15) is 13.2 Å². The van der Waals surface area contributed by atoms with Crippen LogP contribution in [0.3, 0.4) is 0 Å². The number of carbonyl (C=O) groups excluding carboxylic acids is 3. The SMILES string of the molecule is CC(=O)N[C@@H]1[C@@H]([NH3+])C=C(C(=O)O)O[C@H]1C(=O)N(C)CCc1ccccc1.O=C([O-])C(F)(F)F. The number of amides is 2. The van der Waals surface area contributed by atoms with E-state index in [-0.39, 0.29) is 11.7 Å². The molecule has 0 aromatic heterocycles. The summed E-state index contributed by atoms with van der Waals surface area (Å²) in [7, 11) is 1.62. The molecule has 3 atom stereocenters. The summed E-state index contributed by atoms with van der Waals surface area (Å²) in [6.45, 7) is 1.76. The molecule has 0 saturated carbocycles. The Bertz CT molecular complexity index is 891. The van der Waals surface area contributed by atoms with Gasteiger partial charge in [0, 0.05) is 26.6 Å². The first-order valence-corrected chi connectivity index (χ1v) is 9.53. The van der Waals surface area contributed by atoms with Crippen molar-refractivity contribution in [3.05, 3.63) is 47.7 Å². The molecule has 33 heavy (non-hydrogen) atoms. The highest BCUT2D eigenvalue weighted by atomic mass is 19.4. The second kappa shape index (κ2) is 11.9. The third kappa shape index (κ3) is 8.80. The van der Waals surface area contributed by atoms with Crippen LogP contribution in [0, 0.1) is 0 Å². The topological polar surface area (TPSA) is 164 Å². The van der Waals surface area contributed by atoms with Crippen molar-refractivity contribution in [3.63, 3.8) is 0 Å². The van der Waals surface area contributed by atoms with Gasteiger partial charge in [0.1, 0.15) is 18.1 Å². The van der Waals surface area contributed by atoms with Crippen LogP contribution in [-0.4, -0.2) is 71.7 Å². The predicted molar refractivity (Wildman–Crippen MR) is 104 cm³/mol. The van der Waals surface area contributed by atoms with Crippen LogP contribution < -0.4 is 16.2 Å². The van der Waals surface area contributed by atoms with Crippen molar-refractivity contribution < 1.29 is 53.0 Å². The maximum absolute atomic E-state index is 12.8. The normalized spacial score (nSPS) is 19.7. The zero-order valence-electron chi connectivity index (χ0n) is 17.8. The summed E-state index contributed by atoms with van der Waals surface area (Å²) in [4.78, 5) is 45.8. The number of hydrogen-bond donors (Lipinski definition) is 3. The van der Waals surface area contributed by atoms with E-state index in [4.69, 9.17) is 14.6 Å². The summed E-state index contributed by atoms with van der Waals surface area (Å²) < 4.78 is 36.9.